The van der Waals surface area contributed by atoms with E-state index in [9.17, 15) is 4.79 Å². The van der Waals surface area contributed by atoms with Gasteiger partial charge in [0.25, 0.3) is 0 Å². The highest BCUT2D eigenvalue weighted by Crippen LogP contribution is 2.30. The average Bonchev–Trinajstić information content (AvgIpc) is 3.30. The number of hydrogen-bond acceptors (Lipinski definition) is 3. The second-order valence-electron chi connectivity index (χ2n) is 9.59. The van der Waals surface area contributed by atoms with Crippen LogP contribution in [0.4, 0.5) is 0 Å². The van der Waals surface area contributed by atoms with Gasteiger partial charge in [0, 0.05) is 23.0 Å². The number of hydrogen-bond donors (Lipinski definition) is 0. The minimum absolute atomic E-state index is 0.0987. The van der Waals surface area contributed by atoms with E-state index in [1.54, 1.807) is 0 Å². The second kappa shape index (κ2) is 10.9. The number of aromatic nitrogens is 1. The molecule has 35 heavy (non-hydrogen) atoms. The average molecular weight is 484 g/mol. The van der Waals surface area contributed by atoms with E-state index < -0.39 is 9.04 Å². The molecule has 0 spiro atoms. The molecule has 0 bridgehead atoms. The van der Waals surface area contributed by atoms with Crippen LogP contribution in [0.5, 0.6) is 0 Å². The van der Waals surface area contributed by atoms with Crippen molar-refractivity contribution >= 4 is 25.4 Å². The number of ether oxygens (including phenoxy) is 1. The van der Waals surface area contributed by atoms with Crippen molar-refractivity contribution in [2.24, 2.45) is 0 Å². The molecule has 0 aliphatic rings. The van der Waals surface area contributed by atoms with Crippen LogP contribution in [-0.2, 0) is 21.2 Å². The summed E-state index contributed by atoms with van der Waals surface area (Å²) in [5.41, 5.74) is 3.85. The zero-order valence-electron chi connectivity index (χ0n) is 20.9. The Morgan fingerprint density at radius 1 is 0.829 bits per heavy atom. The molecule has 4 nitrogen and oxygen atoms in total. The highest BCUT2D eigenvalue weighted by atomic mass is 28.3. The quantitative estimate of drug-likeness (QED) is 0.261. The van der Waals surface area contributed by atoms with Crippen LogP contribution in [0.3, 0.4) is 0 Å². The number of carbonyl (C=O) groups is 1. The fourth-order valence-electron chi connectivity index (χ4n) is 4.43. The van der Waals surface area contributed by atoms with E-state index in [1.165, 1.54) is 21.6 Å². The molecule has 5 heteroatoms. The Labute approximate surface area is 209 Å². The van der Waals surface area contributed by atoms with Gasteiger partial charge in [-0.15, -0.1) is 0 Å². The Hall–Kier alpha value is -3.41. The summed E-state index contributed by atoms with van der Waals surface area (Å²) in [5, 5.41) is 2.54. The van der Waals surface area contributed by atoms with Crippen LogP contribution in [0.15, 0.2) is 97.2 Å². The molecule has 1 aromatic heterocycles. The van der Waals surface area contributed by atoms with Crippen molar-refractivity contribution in [2.45, 2.75) is 39.7 Å². The third-order valence-corrected chi connectivity index (χ3v) is 8.43. The number of rotatable bonds is 8. The molecule has 180 valence electrons. The molecule has 0 unspecified atom stereocenters. The van der Waals surface area contributed by atoms with Crippen molar-refractivity contribution in [2.75, 3.05) is 6.61 Å². The van der Waals surface area contributed by atoms with E-state index in [0.29, 0.717) is 18.8 Å². The van der Waals surface area contributed by atoms with Gasteiger partial charge in [0.1, 0.15) is 0 Å². The predicted octanol–water partition coefficient (Wildman–Crippen LogP) is 5.01. The van der Waals surface area contributed by atoms with E-state index in [4.69, 9.17) is 9.16 Å². The summed E-state index contributed by atoms with van der Waals surface area (Å²) in [6, 6.07) is 30.8. The maximum absolute atomic E-state index is 12.1. The summed E-state index contributed by atoms with van der Waals surface area (Å²) in [6.07, 6.45) is 2.10. The Balaban J connectivity index is 1.64. The maximum Gasteiger partial charge on any atom is 0.338 e. The van der Waals surface area contributed by atoms with Crippen molar-refractivity contribution in [3.63, 3.8) is 0 Å². The normalized spacial score (nSPS) is 11.6. The van der Waals surface area contributed by atoms with Gasteiger partial charge in [-0.25, -0.2) is 4.79 Å². The van der Waals surface area contributed by atoms with Crippen molar-refractivity contribution in [1.82, 2.24) is 4.57 Å². The molecule has 0 radical (unpaired) electrons. The molecule has 0 aliphatic heterocycles. The zero-order chi connectivity index (χ0) is 24.8. The van der Waals surface area contributed by atoms with E-state index in [1.807, 2.05) is 43.3 Å². The fraction of sp³-hybridized carbons (Fsp3) is 0.233. The monoisotopic (exact) mass is 483 g/mol. The van der Waals surface area contributed by atoms with Crippen LogP contribution in [0, 0.1) is 0 Å². The summed E-state index contributed by atoms with van der Waals surface area (Å²) in [7, 11) is -1.85. The van der Waals surface area contributed by atoms with Crippen LogP contribution >= 0.6 is 0 Å². The molecule has 0 saturated heterocycles. The van der Waals surface area contributed by atoms with Crippen molar-refractivity contribution in [1.29, 1.82) is 0 Å². The zero-order valence-corrected chi connectivity index (χ0v) is 22.1. The molecule has 0 amide bonds. The standard InChI is InChI=1S/C30H33NO3Si/c1-5-33-29(32)23-16-18-25(19-17-23)31-21-20-24(28(31)30(2,3)4)22-34-35(26-12-8-6-9-13-26)27-14-10-7-11-15-27/h6-21,35H,5,22H2,1-4H3. The molecule has 1 heterocycles. The number of nitrogens with zero attached hydrogens (tertiary/aromatic N) is 1. The first-order valence-corrected chi connectivity index (χ1v) is 13.7. The minimum atomic E-state index is -1.85. The molecule has 4 aromatic rings. The van der Waals surface area contributed by atoms with E-state index in [2.05, 4.69) is 86.1 Å². The Kier molecular flexibility index (Phi) is 7.69. The Bertz CT molecular complexity index is 1200. The second-order valence-corrected chi connectivity index (χ2v) is 12.0. The van der Waals surface area contributed by atoms with Gasteiger partial charge in [0.15, 0.2) is 0 Å². The topological polar surface area (TPSA) is 40.5 Å². The highest BCUT2D eigenvalue weighted by Gasteiger charge is 2.25. The van der Waals surface area contributed by atoms with Gasteiger partial charge in [-0.2, -0.15) is 0 Å². The molecule has 0 saturated carbocycles. The summed E-state index contributed by atoms with van der Waals surface area (Å²) in [4.78, 5) is 12.1. The van der Waals surface area contributed by atoms with Crippen LogP contribution in [0.1, 0.15) is 49.3 Å². The predicted molar refractivity (Wildman–Crippen MR) is 145 cm³/mol. The smallest absolute Gasteiger partial charge is 0.338 e. The molecular formula is C30H33NO3Si. The number of esters is 1. The summed E-state index contributed by atoms with van der Waals surface area (Å²) in [5.74, 6) is -0.297. The Morgan fingerprint density at radius 2 is 1.40 bits per heavy atom. The van der Waals surface area contributed by atoms with E-state index >= 15 is 0 Å². The van der Waals surface area contributed by atoms with Gasteiger partial charge in [0.05, 0.1) is 18.8 Å². The van der Waals surface area contributed by atoms with Gasteiger partial charge in [0.2, 0.25) is 9.04 Å². The number of carbonyl (C=O) groups excluding carboxylic acids is 1. The lowest BCUT2D eigenvalue weighted by molar-refractivity contribution is 0.0526. The third kappa shape index (κ3) is 5.81. The largest absolute Gasteiger partial charge is 0.462 e. The van der Waals surface area contributed by atoms with Crippen LogP contribution in [0.25, 0.3) is 5.69 Å². The van der Waals surface area contributed by atoms with Gasteiger partial charge in [-0.1, -0.05) is 81.4 Å². The first-order chi connectivity index (χ1) is 16.9. The molecule has 3 aromatic carbocycles. The number of benzene rings is 3. The van der Waals surface area contributed by atoms with Gasteiger partial charge < -0.3 is 13.7 Å². The van der Waals surface area contributed by atoms with Crippen LogP contribution in [0.2, 0.25) is 0 Å². The van der Waals surface area contributed by atoms with Crippen molar-refractivity contribution in [3.8, 4) is 5.69 Å². The van der Waals surface area contributed by atoms with Gasteiger partial charge >= 0.3 is 5.97 Å². The Morgan fingerprint density at radius 3 is 1.91 bits per heavy atom. The molecular weight excluding hydrogens is 450 g/mol. The highest BCUT2D eigenvalue weighted by molar-refractivity contribution is 6.80. The summed E-state index contributed by atoms with van der Waals surface area (Å²) in [6.45, 7) is 9.39. The van der Waals surface area contributed by atoms with Crippen molar-refractivity contribution < 1.29 is 14.0 Å². The molecule has 0 fully saturated rings. The minimum Gasteiger partial charge on any atom is -0.462 e. The third-order valence-electron chi connectivity index (χ3n) is 5.95. The van der Waals surface area contributed by atoms with Crippen molar-refractivity contribution in [3.05, 3.63) is 114 Å². The lowest BCUT2D eigenvalue weighted by Gasteiger charge is -2.25. The molecule has 0 atom stereocenters. The molecule has 0 aliphatic carbocycles. The first kappa shape index (κ1) is 24.7. The van der Waals surface area contributed by atoms with Crippen LogP contribution < -0.4 is 10.4 Å². The maximum atomic E-state index is 12.1. The molecule has 4 rings (SSSR count). The van der Waals surface area contributed by atoms with Crippen LogP contribution in [-0.4, -0.2) is 26.2 Å². The van der Waals surface area contributed by atoms with Gasteiger partial charge in [-0.3, -0.25) is 0 Å². The van der Waals surface area contributed by atoms with Gasteiger partial charge in [-0.05, 0) is 53.2 Å². The first-order valence-electron chi connectivity index (χ1n) is 12.1. The summed E-state index contributed by atoms with van der Waals surface area (Å²) >= 11 is 0. The SMILES string of the molecule is CCOC(=O)c1ccc(-n2ccc(CO[SiH](c3ccccc3)c3ccccc3)c2C(C)(C)C)cc1. The molecule has 0 N–H and O–H groups in total. The lowest BCUT2D eigenvalue weighted by Crippen LogP contribution is -2.44. The summed E-state index contributed by atoms with van der Waals surface area (Å²) < 4.78 is 14.1. The van der Waals surface area contributed by atoms with E-state index in [0.717, 1.165) is 5.69 Å². The fourth-order valence-corrected chi connectivity index (χ4v) is 6.69. The lowest BCUT2D eigenvalue weighted by atomic mass is 9.89. The van der Waals surface area contributed by atoms with E-state index in [-0.39, 0.29) is 11.4 Å².